The first-order chi connectivity index (χ1) is 12.4. The van der Waals surface area contributed by atoms with E-state index in [1.54, 1.807) is 16.6 Å². The molecular weight excluding hydrogens is 348 g/mol. The number of rotatable bonds is 4. The lowest BCUT2D eigenvalue weighted by molar-refractivity contribution is 0.0742. The predicted molar refractivity (Wildman–Crippen MR) is 103 cm³/mol. The van der Waals surface area contributed by atoms with Gasteiger partial charge in [0.1, 0.15) is 5.82 Å². The molecule has 0 N–H and O–H groups in total. The van der Waals surface area contributed by atoms with Gasteiger partial charge in [-0.25, -0.2) is 4.98 Å². The second-order valence-corrected chi connectivity index (χ2v) is 6.76. The van der Waals surface area contributed by atoms with Gasteiger partial charge in [0.05, 0.1) is 6.04 Å². The second kappa shape index (κ2) is 7.30. The fraction of sp³-hybridized carbons (Fsp3) is 0.250. The van der Waals surface area contributed by atoms with Crippen LogP contribution in [-0.4, -0.2) is 32.6 Å². The molecule has 2 aromatic carbocycles. The zero-order chi connectivity index (χ0) is 18.8. The molecule has 0 saturated heterocycles. The molecule has 0 saturated carbocycles. The summed E-state index contributed by atoms with van der Waals surface area (Å²) in [6.45, 7) is 3.90. The van der Waals surface area contributed by atoms with Crippen LogP contribution in [0.15, 0.2) is 48.5 Å². The van der Waals surface area contributed by atoms with E-state index < -0.39 is 0 Å². The Bertz CT molecular complexity index is 896. The first-order valence-electron chi connectivity index (χ1n) is 8.37. The van der Waals surface area contributed by atoms with Gasteiger partial charge < -0.3 is 4.90 Å². The maximum Gasteiger partial charge on any atom is 0.254 e. The van der Waals surface area contributed by atoms with E-state index in [9.17, 15) is 4.79 Å². The Balaban J connectivity index is 1.77. The third-order valence-corrected chi connectivity index (χ3v) is 4.88. The molecule has 1 amide bonds. The first kappa shape index (κ1) is 18.1. The summed E-state index contributed by atoms with van der Waals surface area (Å²) in [7, 11) is 3.66. The molecule has 5 nitrogen and oxygen atoms in total. The molecule has 1 heterocycles. The van der Waals surface area contributed by atoms with Crippen molar-refractivity contribution in [3.8, 4) is 11.4 Å². The quantitative estimate of drug-likeness (QED) is 0.690. The minimum absolute atomic E-state index is 0.0378. The van der Waals surface area contributed by atoms with Crippen LogP contribution < -0.4 is 0 Å². The standard InChI is InChI=1S/C20H21ClN4O/c1-13(15-9-11-18(21)12-10-15)24(3)20(26)17-7-5-16(6-8-17)19-22-14(2)25(4)23-19/h5-13H,1-4H3/t13-/m0/s1. The molecule has 1 aromatic heterocycles. The minimum atomic E-state index is -0.0560. The van der Waals surface area contributed by atoms with E-state index in [0.29, 0.717) is 16.4 Å². The van der Waals surface area contributed by atoms with Gasteiger partial charge in [0.15, 0.2) is 5.82 Å². The number of carbonyl (C=O) groups is 1. The summed E-state index contributed by atoms with van der Waals surface area (Å²) in [5, 5.41) is 5.05. The van der Waals surface area contributed by atoms with Crippen LogP contribution in [0.1, 0.15) is 34.7 Å². The zero-order valence-electron chi connectivity index (χ0n) is 15.3. The van der Waals surface area contributed by atoms with Crippen molar-refractivity contribution < 1.29 is 4.79 Å². The summed E-state index contributed by atoms with van der Waals surface area (Å²) >= 11 is 5.94. The van der Waals surface area contributed by atoms with Crippen LogP contribution in [0.3, 0.4) is 0 Å². The number of carbonyl (C=O) groups excluding carboxylic acids is 1. The van der Waals surface area contributed by atoms with E-state index in [1.807, 2.05) is 69.4 Å². The molecule has 134 valence electrons. The Morgan fingerprint density at radius 2 is 1.73 bits per heavy atom. The normalized spacial score (nSPS) is 12.0. The third-order valence-electron chi connectivity index (χ3n) is 4.62. The molecule has 0 aliphatic rings. The Morgan fingerprint density at radius 1 is 1.12 bits per heavy atom. The number of aromatic nitrogens is 3. The number of hydrogen-bond acceptors (Lipinski definition) is 3. The van der Waals surface area contributed by atoms with Gasteiger partial charge in [0.2, 0.25) is 0 Å². The smallest absolute Gasteiger partial charge is 0.254 e. The lowest BCUT2D eigenvalue weighted by atomic mass is 10.1. The van der Waals surface area contributed by atoms with Crippen LogP contribution in [0, 0.1) is 6.92 Å². The van der Waals surface area contributed by atoms with Gasteiger partial charge in [-0.3, -0.25) is 9.48 Å². The van der Waals surface area contributed by atoms with Crippen LogP contribution in [0.25, 0.3) is 11.4 Å². The molecule has 26 heavy (non-hydrogen) atoms. The van der Waals surface area contributed by atoms with Gasteiger partial charge in [-0.2, -0.15) is 5.10 Å². The highest BCUT2D eigenvalue weighted by Gasteiger charge is 2.19. The number of aryl methyl sites for hydroxylation is 2. The van der Waals surface area contributed by atoms with Crippen molar-refractivity contribution in [1.82, 2.24) is 19.7 Å². The fourth-order valence-electron chi connectivity index (χ4n) is 2.69. The zero-order valence-corrected chi connectivity index (χ0v) is 16.0. The topological polar surface area (TPSA) is 51.0 Å². The van der Waals surface area contributed by atoms with Gasteiger partial charge in [-0.05, 0) is 43.7 Å². The number of benzene rings is 2. The van der Waals surface area contributed by atoms with E-state index in [2.05, 4.69) is 10.1 Å². The van der Waals surface area contributed by atoms with Crippen molar-refractivity contribution in [2.45, 2.75) is 19.9 Å². The maximum absolute atomic E-state index is 12.8. The van der Waals surface area contributed by atoms with Crippen molar-refractivity contribution in [3.63, 3.8) is 0 Å². The van der Waals surface area contributed by atoms with Gasteiger partial charge in [-0.1, -0.05) is 35.9 Å². The summed E-state index contributed by atoms with van der Waals surface area (Å²) in [6.07, 6.45) is 0. The molecule has 0 aliphatic heterocycles. The Labute approximate surface area is 158 Å². The highest BCUT2D eigenvalue weighted by atomic mass is 35.5. The molecule has 0 bridgehead atoms. The first-order valence-corrected chi connectivity index (χ1v) is 8.75. The van der Waals surface area contributed by atoms with E-state index >= 15 is 0 Å². The number of halogens is 1. The van der Waals surface area contributed by atoms with Crippen molar-refractivity contribution in [2.24, 2.45) is 7.05 Å². The Kier molecular flexibility index (Phi) is 5.09. The largest absolute Gasteiger partial charge is 0.335 e. The Morgan fingerprint density at radius 3 is 2.27 bits per heavy atom. The molecular formula is C20H21ClN4O. The van der Waals surface area contributed by atoms with E-state index in [4.69, 9.17) is 11.6 Å². The van der Waals surface area contributed by atoms with Gasteiger partial charge in [0.25, 0.3) is 5.91 Å². The molecule has 6 heteroatoms. The van der Waals surface area contributed by atoms with Crippen molar-refractivity contribution >= 4 is 17.5 Å². The molecule has 3 aromatic rings. The lowest BCUT2D eigenvalue weighted by Crippen LogP contribution is -2.29. The predicted octanol–water partition coefficient (Wildman–Crippen LogP) is 4.28. The Hall–Kier alpha value is -2.66. The van der Waals surface area contributed by atoms with Crippen LogP contribution in [0.5, 0.6) is 0 Å². The van der Waals surface area contributed by atoms with Crippen LogP contribution in [-0.2, 0) is 7.05 Å². The van der Waals surface area contributed by atoms with Gasteiger partial charge in [0, 0.05) is 30.2 Å². The molecule has 0 aliphatic carbocycles. The second-order valence-electron chi connectivity index (χ2n) is 6.33. The highest BCUT2D eigenvalue weighted by molar-refractivity contribution is 6.30. The number of nitrogens with zero attached hydrogens (tertiary/aromatic N) is 4. The average molecular weight is 369 g/mol. The third kappa shape index (κ3) is 3.63. The minimum Gasteiger partial charge on any atom is -0.335 e. The molecule has 0 spiro atoms. The monoisotopic (exact) mass is 368 g/mol. The highest BCUT2D eigenvalue weighted by Crippen LogP contribution is 2.23. The fourth-order valence-corrected chi connectivity index (χ4v) is 2.82. The van der Waals surface area contributed by atoms with E-state index in [0.717, 1.165) is 17.0 Å². The maximum atomic E-state index is 12.8. The summed E-state index contributed by atoms with van der Waals surface area (Å²) in [6, 6.07) is 14.9. The summed E-state index contributed by atoms with van der Waals surface area (Å²) < 4.78 is 1.73. The van der Waals surface area contributed by atoms with Gasteiger partial charge >= 0.3 is 0 Å². The van der Waals surface area contributed by atoms with E-state index in [1.165, 1.54) is 0 Å². The summed E-state index contributed by atoms with van der Waals surface area (Å²) in [5.41, 5.74) is 2.55. The summed E-state index contributed by atoms with van der Waals surface area (Å²) in [4.78, 5) is 18.9. The van der Waals surface area contributed by atoms with E-state index in [-0.39, 0.29) is 11.9 Å². The molecule has 0 fully saturated rings. The number of amides is 1. The molecule has 3 rings (SSSR count). The van der Waals surface area contributed by atoms with Crippen molar-refractivity contribution in [1.29, 1.82) is 0 Å². The van der Waals surface area contributed by atoms with Gasteiger partial charge in [-0.15, -0.1) is 0 Å². The van der Waals surface area contributed by atoms with Crippen LogP contribution >= 0.6 is 11.6 Å². The average Bonchev–Trinajstić information content (AvgIpc) is 2.99. The molecule has 1 atom stereocenters. The molecule has 0 unspecified atom stereocenters. The lowest BCUT2D eigenvalue weighted by Gasteiger charge is -2.25. The SMILES string of the molecule is Cc1nc(-c2ccc(C(=O)N(C)[C@@H](C)c3ccc(Cl)cc3)cc2)nn1C. The summed E-state index contributed by atoms with van der Waals surface area (Å²) in [5.74, 6) is 1.47. The van der Waals surface area contributed by atoms with Crippen LogP contribution in [0.4, 0.5) is 0 Å². The van der Waals surface area contributed by atoms with Crippen LogP contribution in [0.2, 0.25) is 5.02 Å². The van der Waals surface area contributed by atoms with Crippen molar-refractivity contribution in [3.05, 3.63) is 70.5 Å². The van der Waals surface area contributed by atoms with Crippen molar-refractivity contribution in [2.75, 3.05) is 7.05 Å². The molecule has 0 radical (unpaired) electrons. The number of hydrogen-bond donors (Lipinski definition) is 0.